The third-order valence-corrected chi connectivity index (χ3v) is 2.20. The van der Waals surface area contributed by atoms with Gasteiger partial charge < -0.3 is 0 Å². The van der Waals surface area contributed by atoms with Crippen molar-refractivity contribution in [3.63, 3.8) is 0 Å². The SMILES string of the molecule is O=Cc1cnccc1-c1cc(F)ccc1F. The van der Waals surface area contributed by atoms with Gasteiger partial charge in [-0.05, 0) is 29.8 Å². The summed E-state index contributed by atoms with van der Waals surface area (Å²) in [7, 11) is 0. The zero-order chi connectivity index (χ0) is 11.5. The maximum atomic E-state index is 13.5. The van der Waals surface area contributed by atoms with Gasteiger partial charge in [-0.15, -0.1) is 0 Å². The number of rotatable bonds is 2. The number of nitrogens with zero attached hydrogens (tertiary/aromatic N) is 1. The molecule has 16 heavy (non-hydrogen) atoms. The first-order chi connectivity index (χ1) is 7.72. The first kappa shape index (κ1) is 10.4. The second-order valence-electron chi connectivity index (χ2n) is 3.20. The first-order valence-electron chi connectivity index (χ1n) is 4.57. The highest BCUT2D eigenvalue weighted by molar-refractivity contribution is 5.87. The molecule has 2 nitrogen and oxygen atoms in total. The first-order valence-corrected chi connectivity index (χ1v) is 4.57. The lowest BCUT2D eigenvalue weighted by Gasteiger charge is -2.05. The highest BCUT2D eigenvalue weighted by Gasteiger charge is 2.10. The van der Waals surface area contributed by atoms with Crippen LogP contribution in [-0.2, 0) is 0 Å². The fraction of sp³-hybridized carbons (Fsp3) is 0. The molecule has 2 rings (SSSR count). The third kappa shape index (κ3) is 1.82. The number of halogens is 2. The van der Waals surface area contributed by atoms with Gasteiger partial charge in [0.1, 0.15) is 11.6 Å². The molecule has 0 fully saturated rings. The molecule has 1 heterocycles. The molecule has 0 saturated heterocycles. The lowest BCUT2D eigenvalue weighted by Crippen LogP contribution is -1.92. The van der Waals surface area contributed by atoms with Gasteiger partial charge in [-0.25, -0.2) is 8.78 Å². The van der Waals surface area contributed by atoms with Crippen molar-refractivity contribution in [2.45, 2.75) is 0 Å². The minimum atomic E-state index is -0.573. The molecule has 4 heteroatoms. The van der Waals surface area contributed by atoms with Gasteiger partial charge in [-0.2, -0.15) is 0 Å². The lowest BCUT2D eigenvalue weighted by molar-refractivity contribution is 0.112. The summed E-state index contributed by atoms with van der Waals surface area (Å²) in [5.41, 5.74) is 0.624. The van der Waals surface area contributed by atoms with Crippen molar-refractivity contribution in [2.24, 2.45) is 0 Å². The second-order valence-corrected chi connectivity index (χ2v) is 3.20. The Morgan fingerprint density at radius 1 is 1.12 bits per heavy atom. The van der Waals surface area contributed by atoms with Crippen LogP contribution in [0.15, 0.2) is 36.7 Å². The van der Waals surface area contributed by atoms with Gasteiger partial charge in [0.25, 0.3) is 0 Å². The molecule has 0 aliphatic heterocycles. The summed E-state index contributed by atoms with van der Waals surface area (Å²) in [4.78, 5) is 14.5. The molecule has 2 aromatic rings. The number of pyridine rings is 1. The van der Waals surface area contributed by atoms with Gasteiger partial charge in [-0.1, -0.05) is 0 Å². The molecule has 0 atom stereocenters. The van der Waals surface area contributed by atoms with Crippen LogP contribution in [0.4, 0.5) is 8.78 Å². The summed E-state index contributed by atoms with van der Waals surface area (Å²) in [6.07, 6.45) is 3.30. The minimum absolute atomic E-state index is 0.0597. The van der Waals surface area contributed by atoms with Gasteiger partial charge in [-0.3, -0.25) is 9.78 Å². The Hall–Kier alpha value is -2.10. The molecule has 0 amide bonds. The molecule has 1 aromatic heterocycles. The number of hydrogen-bond donors (Lipinski definition) is 0. The van der Waals surface area contributed by atoms with Crippen LogP contribution >= 0.6 is 0 Å². The summed E-state index contributed by atoms with van der Waals surface area (Å²) in [6, 6.07) is 4.58. The third-order valence-electron chi connectivity index (χ3n) is 2.20. The zero-order valence-corrected chi connectivity index (χ0v) is 8.15. The summed E-state index contributed by atoms with van der Waals surface area (Å²) >= 11 is 0. The fourth-order valence-corrected chi connectivity index (χ4v) is 1.45. The Morgan fingerprint density at radius 2 is 1.94 bits per heavy atom. The maximum Gasteiger partial charge on any atom is 0.152 e. The van der Waals surface area contributed by atoms with Gasteiger partial charge in [0.05, 0.1) is 0 Å². The number of benzene rings is 1. The van der Waals surface area contributed by atoms with E-state index in [9.17, 15) is 13.6 Å². The van der Waals surface area contributed by atoms with Crippen LogP contribution in [0.1, 0.15) is 10.4 Å². The molecule has 0 aliphatic rings. The van der Waals surface area contributed by atoms with E-state index in [2.05, 4.69) is 4.98 Å². The molecule has 0 spiro atoms. The Bertz CT molecular complexity index is 540. The summed E-state index contributed by atoms with van der Waals surface area (Å²) < 4.78 is 26.5. The van der Waals surface area contributed by atoms with E-state index in [1.165, 1.54) is 18.5 Å². The van der Waals surface area contributed by atoms with Crippen LogP contribution in [-0.4, -0.2) is 11.3 Å². The van der Waals surface area contributed by atoms with E-state index in [1.807, 2.05) is 0 Å². The molecular formula is C12H7F2NO. The highest BCUT2D eigenvalue weighted by Crippen LogP contribution is 2.25. The molecule has 1 aromatic carbocycles. The normalized spacial score (nSPS) is 10.1. The molecular weight excluding hydrogens is 212 g/mol. The van der Waals surface area contributed by atoms with Gasteiger partial charge in [0.2, 0.25) is 0 Å². The molecule has 0 saturated carbocycles. The predicted molar refractivity (Wildman–Crippen MR) is 55.0 cm³/mol. The van der Waals surface area contributed by atoms with Crippen molar-refractivity contribution in [3.8, 4) is 11.1 Å². The minimum Gasteiger partial charge on any atom is -0.298 e. The molecule has 80 valence electrons. The van der Waals surface area contributed by atoms with Crippen molar-refractivity contribution in [3.05, 3.63) is 53.9 Å². The summed E-state index contributed by atoms with van der Waals surface area (Å²) in [6.45, 7) is 0. The molecule has 0 bridgehead atoms. The maximum absolute atomic E-state index is 13.5. The van der Waals surface area contributed by atoms with Crippen LogP contribution in [0.3, 0.4) is 0 Å². The Kier molecular flexibility index (Phi) is 2.72. The van der Waals surface area contributed by atoms with E-state index in [4.69, 9.17) is 0 Å². The summed E-state index contributed by atoms with van der Waals surface area (Å²) in [5, 5.41) is 0. The van der Waals surface area contributed by atoms with Crippen LogP contribution in [0.2, 0.25) is 0 Å². The standard InChI is InChI=1S/C12H7F2NO/c13-9-1-2-12(14)11(5-9)10-3-4-15-6-8(10)7-16/h1-7H. The van der Waals surface area contributed by atoms with E-state index in [0.29, 0.717) is 11.8 Å². The second kappa shape index (κ2) is 4.18. The average Bonchev–Trinajstić information content (AvgIpc) is 2.32. The number of carbonyl (C=O) groups excluding carboxylic acids is 1. The molecule has 0 unspecified atom stereocenters. The zero-order valence-electron chi connectivity index (χ0n) is 8.15. The van der Waals surface area contributed by atoms with E-state index >= 15 is 0 Å². The lowest BCUT2D eigenvalue weighted by atomic mass is 10.0. The van der Waals surface area contributed by atoms with E-state index < -0.39 is 11.6 Å². The molecule has 0 aliphatic carbocycles. The van der Waals surface area contributed by atoms with Crippen LogP contribution in [0.5, 0.6) is 0 Å². The van der Waals surface area contributed by atoms with Crippen LogP contribution in [0, 0.1) is 11.6 Å². The number of aromatic nitrogens is 1. The Balaban J connectivity index is 2.66. The van der Waals surface area contributed by atoms with E-state index in [1.54, 1.807) is 0 Å². The van der Waals surface area contributed by atoms with E-state index in [0.717, 1.165) is 18.2 Å². The molecule has 0 radical (unpaired) electrons. The quantitative estimate of drug-likeness (QED) is 0.727. The monoisotopic (exact) mass is 219 g/mol. The van der Waals surface area contributed by atoms with Crippen molar-refractivity contribution in [1.29, 1.82) is 0 Å². The highest BCUT2D eigenvalue weighted by atomic mass is 19.1. The van der Waals surface area contributed by atoms with Crippen molar-refractivity contribution >= 4 is 6.29 Å². The topological polar surface area (TPSA) is 30.0 Å². The van der Waals surface area contributed by atoms with Crippen LogP contribution < -0.4 is 0 Å². The fourth-order valence-electron chi connectivity index (χ4n) is 1.45. The van der Waals surface area contributed by atoms with Gasteiger partial charge in [0.15, 0.2) is 6.29 Å². The number of hydrogen-bond acceptors (Lipinski definition) is 2. The van der Waals surface area contributed by atoms with Gasteiger partial charge >= 0.3 is 0 Å². The number of aldehydes is 1. The smallest absolute Gasteiger partial charge is 0.152 e. The Morgan fingerprint density at radius 3 is 2.69 bits per heavy atom. The van der Waals surface area contributed by atoms with Crippen molar-refractivity contribution < 1.29 is 13.6 Å². The van der Waals surface area contributed by atoms with Gasteiger partial charge in [0, 0.05) is 23.5 Å². The largest absolute Gasteiger partial charge is 0.298 e. The predicted octanol–water partition coefficient (Wildman–Crippen LogP) is 2.84. The Labute approximate surface area is 90.6 Å². The number of carbonyl (C=O) groups is 1. The van der Waals surface area contributed by atoms with Crippen molar-refractivity contribution in [2.75, 3.05) is 0 Å². The van der Waals surface area contributed by atoms with Crippen LogP contribution in [0.25, 0.3) is 11.1 Å². The van der Waals surface area contributed by atoms with Crippen molar-refractivity contribution in [1.82, 2.24) is 4.98 Å². The molecule has 0 N–H and O–H groups in total. The van der Waals surface area contributed by atoms with E-state index in [-0.39, 0.29) is 11.1 Å². The average molecular weight is 219 g/mol. The summed E-state index contributed by atoms with van der Waals surface area (Å²) in [5.74, 6) is -1.12.